The van der Waals surface area contributed by atoms with Crippen molar-refractivity contribution in [3.63, 3.8) is 0 Å². The second-order valence-corrected chi connectivity index (χ2v) is 7.09. The summed E-state index contributed by atoms with van der Waals surface area (Å²) in [5, 5.41) is 12.7. The van der Waals surface area contributed by atoms with Gasteiger partial charge in [0.05, 0.1) is 12.6 Å². The highest BCUT2D eigenvalue weighted by Gasteiger charge is 2.38. The van der Waals surface area contributed by atoms with Crippen LogP contribution in [0.1, 0.15) is 47.8 Å². The van der Waals surface area contributed by atoms with E-state index in [4.69, 9.17) is 0 Å². The standard InChI is InChI=1S/C22H26N2O3/c1-3-15(2)19(14-25)23-21(26)20(16-9-5-4-6-10-16)24-13-17-11-7-8-12-18(17)22(24)27/h4-12,15,19-20,25H,3,13-14H2,1-2H3,(H,23,26)/t15-,19+,20+/m0/s1. The van der Waals surface area contributed by atoms with E-state index < -0.39 is 6.04 Å². The molecule has 5 nitrogen and oxygen atoms in total. The van der Waals surface area contributed by atoms with Crippen molar-refractivity contribution < 1.29 is 14.7 Å². The van der Waals surface area contributed by atoms with Crippen molar-refractivity contribution in [2.24, 2.45) is 5.92 Å². The fraction of sp³-hybridized carbons (Fsp3) is 0.364. The number of carbonyl (C=O) groups is 2. The van der Waals surface area contributed by atoms with E-state index in [-0.39, 0.29) is 30.4 Å². The number of hydrogen-bond donors (Lipinski definition) is 2. The van der Waals surface area contributed by atoms with Gasteiger partial charge in [-0.2, -0.15) is 0 Å². The first-order valence-electron chi connectivity index (χ1n) is 9.41. The molecule has 0 radical (unpaired) electrons. The zero-order chi connectivity index (χ0) is 19.4. The number of nitrogens with zero attached hydrogens (tertiary/aromatic N) is 1. The van der Waals surface area contributed by atoms with Gasteiger partial charge in [0.2, 0.25) is 5.91 Å². The van der Waals surface area contributed by atoms with Gasteiger partial charge in [0.15, 0.2) is 0 Å². The molecular formula is C22H26N2O3. The van der Waals surface area contributed by atoms with Crippen LogP contribution < -0.4 is 5.32 Å². The first kappa shape index (κ1) is 19.1. The van der Waals surface area contributed by atoms with E-state index in [0.717, 1.165) is 17.5 Å². The molecule has 0 unspecified atom stereocenters. The number of nitrogens with one attached hydrogen (secondary N) is 1. The van der Waals surface area contributed by atoms with Gasteiger partial charge in [-0.1, -0.05) is 68.8 Å². The maximum Gasteiger partial charge on any atom is 0.255 e. The largest absolute Gasteiger partial charge is 0.394 e. The summed E-state index contributed by atoms with van der Waals surface area (Å²) in [6, 6.07) is 15.7. The summed E-state index contributed by atoms with van der Waals surface area (Å²) in [7, 11) is 0. The van der Waals surface area contributed by atoms with Crippen LogP contribution in [0.15, 0.2) is 54.6 Å². The monoisotopic (exact) mass is 366 g/mol. The fourth-order valence-electron chi connectivity index (χ4n) is 3.51. The molecule has 0 spiro atoms. The highest BCUT2D eigenvalue weighted by Crippen LogP contribution is 2.31. The molecule has 0 bridgehead atoms. The van der Waals surface area contributed by atoms with Crippen LogP contribution in [0.2, 0.25) is 0 Å². The molecule has 3 rings (SSSR count). The molecular weight excluding hydrogens is 340 g/mol. The number of fused-ring (bicyclic) bond motifs is 1. The number of aliphatic hydroxyl groups is 1. The van der Waals surface area contributed by atoms with Crippen LogP contribution in [0.25, 0.3) is 0 Å². The molecule has 0 saturated heterocycles. The van der Waals surface area contributed by atoms with Gasteiger partial charge < -0.3 is 15.3 Å². The summed E-state index contributed by atoms with van der Waals surface area (Å²) in [5.74, 6) is -0.262. The Morgan fingerprint density at radius 3 is 2.44 bits per heavy atom. The molecule has 3 atom stereocenters. The molecule has 0 aliphatic carbocycles. The Morgan fingerprint density at radius 2 is 1.81 bits per heavy atom. The maximum absolute atomic E-state index is 13.2. The molecule has 0 fully saturated rings. The van der Waals surface area contributed by atoms with Gasteiger partial charge in [0, 0.05) is 12.1 Å². The van der Waals surface area contributed by atoms with Gasteiger partial charge in [-0.25, -0.2) is 0 Å². The topological polar surface area (TPSA) is 69.6 Å². The minimum absolute atomic E-state index is 0.129. The van der Waals surface area contributed by atoms with Crippen molar-refractivity contribution in [1.82, 2.24) is 10.2 Å². The van der Waals surface area contributed by atoms with Gasteiger partial charge in [-0.05, 0) is 23.1 Å². The summed E-state index contributed by atoms with van der Waals surface area (Å²) in [4.78, 5) is 27.8. The maximum atomic E-state index is 13.2. The minimum atomic E-state index is -0.732. The molecule has 2 aromatic carbocycles. The van der Waals surface area contributed by atoms with Gasteiger partial charge in [0.25, 0.3) is 5.91 Å². The molecule has 2 N–H and O–H groups in total. The third-order valence-electron chi connectivity index (χ3n) is 5.38. The Hall–Kier alpha value is -2.66. The molecule has 0 saturated carbocycles. The number of amides is 2. The Labute approximate surface area is 160 Å². The predicted molar refractivity (Wildman–Crippen MR) is 104 cm³/mol. The first-order chi connectivity index (χ1) is 13.1. The zero-order valence-corrected chi connectivity index (χ0v) is 15.8. The van der Waals surface area contributed by atoms with E-state index in [9.17, 15) is 14.7 Å². The van der Waals surface area contributed by atoms with Crippen molar-refractivity contribution in [3.05, 3.63) is 71.3 Å². The highest BCUT2D eigenvalue weighted by molar-refractivity contribution is 6.01. The number of aliphatic hydroxyl groups excluding tert-OH is 1. The summed E-state index contributed by atoms with van der Waals surface area (Å²) < 4.78 is 0. The fourth-order valence-corrected chi connectivity index (χ4v) is 3.51. The predicted octanol–water partition coefficient (Wildman–Crippen LogP) is 2.91. The number of hydrogen-bond acceptors (Lipinski definition) is 3. The Kier molecular flexibility index (Phi) is 5.91. The summed E-state index contributed by atoms with van der Waals surface area (Å²) >= 11 is 0. The average Bonchev–Trinajstić information content (AvgIpc) is 3.03. The first-order valence-corrected chi connectivity index (χ1v) is 9.41. The van der Waals surface area contributed by atoms with Crippen molar-refractivity contribution >= 4 is 11.8 Å². The van der Waals surface area contributed by atoms with E-state index in [0.29, 0.717) is 12.1 Å². The molecule has 2 amide bonds. The van der Waals surface area contributed by atoms with Gasteiger partial charge in [-0.15, -0.1) is 0 Å². The van der Waals surface area contributed by atoms with E-state index >= 15 is 0 Å². The van der Waals surface area contributed by atoms with Gasteiger partial charge in [-0.3, -0.25) is 9.59 Å². The van der Waals surface area contributed by atoms with Crippen molar-refractivity contribution in [3.8, 4) is 0 Å². The van der Waals surface area contributed by atoms with Gasteiger partial charge >= 0.3 is 0 Å². The summed E-state index contributed by atoms with van der Waals surface area (Å²) in [6.07, 6.45) is 0.843. The van der Waals surface area contributed by atoms with Crippen molar-refractivity contribution in [2.75, 3.05) is 6.61 Å². The van der Waals surface area contributed by atoms with Crippen LogP contribution in [-0.2, 0) is 11.3 Å². The normalized spacial score (nSPS) is 16.6. The van der Waals surface area contributed by atoms with E-state index in [2.05, 4.69) is 5.32 Å². The average molecular weight is 366 g/mol. The van der Waals surface area contributed by atoms with Gasteiger partial charge in [0.1, 0.15) is 6.04 Å². The lowest BCUT2D eigenvalue weighted by molar-refractivity contribution is -0.127. The molecule has 1 heterocycles. The third-order valence-corrected chi connectivity index (χ3v) is 5.38. The Morgan fingerprint density at radius 1 is 1.15 bits per heavy atom. The lowest BCUT2D eigenvalue weighted by atomic mass is 9.98. The van der Waals surface area contributed by atoms with Crippen LogP contribution in [0.3, 0.4) is 0 Å². The van der Waals surface area contributed by atoms with E-state index in [1.54, 1.807) is 11.0 Å². The van der Waals surface area contributed by atoms with Crippen LogP contribution >= 0.6 is 0 Å². The Balaban J connectivity index is 1.91. The highest BCUT2D eigenvalue weighted by atomic mass is 16.3. The lowest BCUT2D eigenvalue weighted by Gasteiger charge is -2.30. The van der Waals surface area contributed by atoms with Crippen LogP contribution in [0.5, 0.6) is 0 Å². The third kappa shape index (κ3) is 3.88. The minimum Gasteiger partial charge on any atom is -0.394 e. The molecule has 142 valence electrons. The molecule has 27 heavy (non-hydrogen) atoms. The quantitative estimate of drug-likeness (QED) is 0.792. The summed E-state index contributed by atoms with van der Waals surface area (Å²) in [6.45, 7) is 4.29. The van der Waals surface area contributed by atoms with Crippen LogP contribution in [0, 0.1) is 5.92 Å². The molecule has 5 heteroatoms. The molecule has 1 aliphatic rings. The van der Waals surface area contributed by atoms with Crippen molar-refractivity contribution in [1.29, 1.82) is 0 Å². The number of rotatable bonds is 7. The van der Waals surface area contributed by atoms with Crippen LogP contribution in [-0.4, -0.2) is 34.5 Å². The molecule has 0 aromatic heterocycles. The number of carbonyl (C=O) groups excluding carboxylic acids is 2. The van der Waals surface area contributed by atoms with E-state index in [1.807, 2.05) is 62.4 Å². The van der Waals surface area contributed by atoms with Crippen molar-refractivity contribution in [2.45, 2.75) is 38.9 Å². The summed E-state index contributed by atoms with van der Waals surface area (Å²) in [5.41, 5.74) is 2.33. The zero-order valence-electron chi connectivity index (χ0n) is 15.8. The SMILES string of the molecule is CC[C@H](C)[C@@H](CO)NC(=O)[C@@H](c1ccccc1)N1Cc2ccccc2C1=O. The lowest BCUT2D eigenvalue weighted by Crippen LogP contribution is -2.48. The second-order valence-electron chi connectivity index (χ2n) is 7.09. The van der Waals surface area contributed by atoms with Crippen LogP contribution in [0.4, 0.5) is 0 Å². The number of benzene rings is 2. The van der Waals surface area contributed by atoms with E-state index in [1.165, 1.54) is 0 Å². The Bertz CT molecular complexity index is 806. The smallest absolute Gasteiger partial charge is 0.255 e. The second kappa shape index (κ2) is 8.35. The molecule has 1 aliphatic heterocycles. The molecule has 2 aromatic rings.